The largest absolute Gasteiger partial charge is 0.493 e. The van der Waals surface area contributed by atoms with Gasteiger partial charge in [0.15, 0.2) is 0 Å². The van der Waals surface area contributed by atoms with Crippen molar-refractivity contribution in [2.24, 2.45) is 0 Å². The zero-order valence-electron chi connectivity index (χ0n) is 40.8. The van der Waals surface area contributed by atoms with Crippen molar-refractivity contribution in [2.75, 3.05) is 67.6 Å². The van der Waals surface area contributed by atoms with Crippen molar-refractivity contribution in [3.8, 4) is 22.6 Å². The molecule has 0 heterocycles. The maximum absolute atomic E-state index is 6.56. The Labute approximate surface area is 373 Å². The molecule has 342 valence electrons. The molecule has 2 rings (SSSR count). The van der Waals surface area contributed by atoms with Crippen molar-refractivity contribution in [1.29, 1.82) is 0 Å². The zero-order valence-corrected chi connectivity index (χ0v) is 40.8. The van der Waals surface area contributed by atoms with E-state index in [4.69, 9.17) is 9.47 Å². The maximum Gasteiger partial charge on any atom is 0.127 e. The van der Waals surface area contributed by atoms with Crippen LogP contribution in [0.4, 0.5) is 0 Å². The normalized spacial score (nSPS) is 11.9. The third-order valence-corrected chi connectivity index (χ3v) is 12.7. The molecule has 60 heavy (non-hydrogen) atoms. The first-order valence-corrected chi connectivity index (χ1v) is 25.5. The maximum atomic E-state index is 6.56. The Kier molecular flexibility index (Phi) is 30.4. The molecule has 0 bridgehead atoms. The number of hydrogen-bond acceptors (Lipinski definition) is 2. The average Bonchev–Trinajstić information content (AvgIpc) is 3.23. The van der Waals surface area contributed by atoms with Crippen molar-refractivity contribution in [3.63, 3.8) is 0 Å². The quantitative estimate of drug-likeness (QED) is 0.0378. The molecule has 0 spiro atoms. The molecule has 0 atom stereocenters. The van der Waals surface area contributed by atoms with Gasteiger partial charge in [-0.2, -0.15) is 0 Å². The first-order valence-electron chi connectivity index (χ1n) is 25.5. The molecular formula is C56H98N2O2+2. The lowest BCUT2D eigenvalue weighted by Gasteiger charge is -2.30. The number of ether oxygens (including phenoxy) is 2. The van der Waals surface area contributed by atoms with E-state index in [1.807, 2.05) is 12.2 Å². The predicted octanol–water partition coefficient (Wildman–Crippen LogP) is 15.9. The van der Waals surface area contributed by atoms with Crippen LogP contribution >= 0.6 is 0 Å². The van der Waals surface area contributed by atoms with E-state index in [9.17, 15) is 0 Å². The van der Waals surface area contributed by atoms with Gasteiger partial charge in [-0.25, -0.2) is 0 Å². The number of quaternary nitrogens is 2. The second-order valence-electron chi connectivity index (χ2n) is 19.6. The Hall–Kier alpha value is -2.56. The number of nitrogens with zero attached hydrogens (tertiary/aromatic N) is 2. The number of benzene rings is 2. The van der Waals surface area contributed by atoms with Gasteiger partial charge in [0.1, 0.15) is 11.5 Å². The lowest BCUT2D eigenvalue weighted by atomic mass is 9.97. The summed E-state index contributed by atoms with van der Waals surface area (Å²) in [6, 6.07) is 13.3. The second-order valence-corrected chi connectivity index (χ2v) is 19.6. The number of hydrogen-bond donors (Lipinski definition) is 0. The van der Waals surface area contributed by atoms with E-state index in [0.717, 1.165) is 78.0 Å². The topological polar surface area (TPSA) is 18.5 Å². The molecule has 2 aromatic carbocycles. The van der Waals surface area contributed by atoms with E-state index < -0.39 is 0 Å². The van der Waals surface area contributed by atoms with Gasteiger partial charge >= 0.3 is 0 Å². The van der Waals surface area contributed by atoms with E-state index in [-0.39, 0.29) is 0 Å². The van der Waals surface area contributed by atoms with Crippen LogP contribution in [-0.4, -0.2) is 76.5 Å². The summed E-state index contributed by atoms with van der Waals surface area (Å²) in [5, 5.41) is 0. The molecule has 0 N–H and O–H groups in total. The monoisotopic (exact) mass is 831 g/mol. The minimum atomic E-state index is 0.725. The first-order chi connectivity index (χ1) is 29.1. The first kappa shape index (κ1) is 53.6. The second kappa shape index (κ2) is 34.0. The summed E-state index contributed by atoms with van der Waals surface area (Å²) < 4.78 is 15.2. The van der Waals surface area contributed by atoms with Crippen LogP contribution in [-0.2, 0) is 12.8 Å². The van der Waals surface area contributed by atoms with E-state index in [1.165, 1.54) is 184 Å². The van der Waals surface area contributed by atoms with Gasteiger partial charge in [0.2, 0.25) is 0 Å². The van der Waals surface area contributed by atoms with Gasteiger partial charge in [0.25, 0.3) is 0 Å². The fraction of sp³-hybridized carbons (Fsp3) is 0.714. The van der Waals surface area contributed by atoms with Crippen molar-refractivity contribution in [3.05, 3.63) is 72.8 Å². The Morgan fingerprint density at radius 1 is 0.433 bits per heavy atom. The van der Waals surface area contributed by atoms with Gasteiger partial charge in [-0.1, -0.05) is 167 Å². The van der Waals surface area contributed by atoms with E-state index in [0.29, 0.717) is 0 Å². The number of allylic oxidation sites excluding steroid dienone is 2. The Balaban J connectivity index is 1.79. The van der Waals surface area contributed by atoms with Crippen molar-refractivity contribution >= 4 is 0 Å². The van der Waals surface area contributed by atoms with Crippen LogP contribution in [0.1, 0.15) is 192 Å². The Morgan fingerprint density at radius 2 is 0.817 bits per heavy atom. The highest BCUT2D eigenvalue weighted by Gasteiger charge is 2.17. The highest BCUT2D eigenvalue weighted by molar-refractivity contribution is 5.73. The molecule has 0 saturated heterocycles. The average molecular weight is 831 g/mol. The van der Waals surface area contributed by atoms with Gasteiger partial charge in [-0.05, 0) is 79.5 Å². The molecule has 0 aliphatic carbocycles. The lowest BCUT2D eigenvalue weighted by Crippen LogP contribution is -2.41. The molecule has 4 nitrogen and oxygen atoms in total. The Morgan fingerprint density at radius 3 is 1.25 bits per heavy atom. The number of rotatable bonds is 41. The smallest absolute Gasteiger partial charge is 0.127 e. The van der Waals surface area contributed by atoms with Crippen molar-refractivity contribution < 1.29 is 18.4 Å². The summed E-state index contributed by atoms with van der Waals surface area (Å²) in [4.78, 5) is 0. The molecule has 0 amide bonds. The molecule has 0 aliphatic heterocycles. The van der Waals surface area contributed by atoms with Gasteiger partial charge in [-0.15, -0.1) is 13.2 Å². The summed E-state index contributed by atoms with van der Waals surface area (Å²) in [7, 11) is 9.55. The fourth-order valence-electron chi connectivity index (χ4n) is 8.76. The standard InChI is InChI=1S/C56H98N2O2/c1-9-13-15-17-19-21-23-25-27-29-31-33-43-57(5,6)45-35-47-59-55-42-40-52(50-53(55)38-12-4)54-49-51(37-11-3)39-41-56(54)60-48-36-46-58(7,8)44-34-32-30-28-26-24-22-20-18-16-14-10-2/h11-12,39-42,49-50H,3-4,9-10,13-38,43-48H2,1-2,5-8H3/q+2. The molecule has 0 saturated carbocycles. The lowest BCUT2D eigenvalue weighted by molar-refractivity contribution is -0.890. The molecule has 0 aromatic heterocycles. The highest BCUT2D eigenvalue weighted by atomic mass is 16.5. The fourth-order valence-corrected chi connectivity index (χ4v) is 8.76. The van der Waals surface area contributed by atoms with E-state index >= 15 is 0 Å². The van der Waals surface area contributed by atoms with Crippen molar-refractivity contribution in [1.82, 2.24) is 0 Å². The zero-order chi connectivity index (χ0) is 43.6. The van der Waals surface area contributed by atoms with Crippen LogP contribution in [0.5, 0.6) is 11.5 Å². The minimum Gasteiger partial charge on any atom is -0.493 e. The van der Waals surface area contributed by atoms with Gasteiger partial charge in [0, 0.05) is 18.4 Å². The third-order valence-electron chi connectivity index (χ3n) is 12.7. The minimum absolute atomic E-state index is 0.725. The van der Waals surface area contributed by atoms with Gasteiger partial charge in [0.05, 0.1) is 67.6 Å². The van der Waals surface area contributed by atoms with Crippen LogP contribution in [0.2, 0.25) is 0 Å². The molecule has 4 heteroatoms. The van der Waals surface area contributed by atoms with Crippen LogP contribution < -0.4 is 9.47 Å². The predicted molar refractivity (Wildman–Crippen MR) is 266 cm³/mol. The molecular weight excluding hydrogens is 733 g/mol. The summed E-state index contributed by atoms with van der Waals surface area (Å²) in [6.45, 7) is 18.9. The van der Waals surface area contributed by atoms with Gasteiger partial charge < -0.3 is 18.4 Å². The summed E-state index contributed by atoms with van der Waals surface area (Å²) in [5.41, 5.74) is 4.75. The highest BCUT2D eigenvalue weighted by Crippen LogP contribution is 2.35. The van der Waals surface area contributed by atoms with Crippen LogP contribution in [0.25, 0.3) is 11.1 Å². The van der Waals surface area contributed by atoms with Crippen LogP contribution in [0.3, 0.4) is 0 Å². The summed E-state index contributed by atoms with van der Waals surface area (Å²) >= 11 is 0. The van der Waals surface area contributed by atoms with E-state index in [2.05, 4.69) is 91.6 Å². The third kappa shape index (κ3) is 26.0. The number of unbranched alkanes of at least 4 members (excludes halogenated alkanes) is 22. The van der Waals surface area contributed by atoms with Crippen LogP contribution in [0.15, 0.2) is 61.7 Å². The van der Waals surface area contributed by atoms with Crippen molar-refractivity contribution in [2.45, 2.75) is 194 Å². The Bertz CT molecular complexity index is 1360. The van der Waals surface area contributed by atoms with E-state index in [1.54, 1.807) is 0 Å². The SMILES string of the molecule is C=CCc1ccc(OCCC[N+](C)(C)CCCCCCCCCCCCCC)c(-c2ccc(OCCC[N+](C)(C)CCCCCCCCCCCCCC)c(CC=C)c2)c1. The molecule has 0 radical (unpaired) electrons. The molecule has 2 aromatic rings. The van der Waals surface area contributed by atoms with Crippen LogP contribution in [0, 0.1) is 0 Å². The van der Waals surface area contributed by atoms with Gasteiger partial charge in [-0.3, -0.25) is 0 Å². The molecule has 0 fully saturated rings. The summed E-state index contributed by atoms with van der Waals surface area (Å²) in [6.07, 6.45) is 41.4. The molecule has 0 aliphatic rings. The summed E-state index contributed by atoms with van der Waals surface area (Å²) in [5.74, 6) is 1.93. The molecule has 0 unspecified atom stereocenters.